The van der Waals surface area contributed by atoms with Crippen LogP contribution in [0.25, 0.3) is 20.5 Å². The van der Waals surface area contributed by atoms with Gasteiger partial charge < -0.3 is 4.90 Å². The molecule has 114 valence electrons. The molecule has 0 aliphatic rings. The fraction of sp³-hybridized carbons (Fsp3) is 0.263. The molecule has 0 saturated carbocycles. The molecule has 22 heavy (non-hydrogen) atoms. The number of halogens is 1. The van der Waals surface area contributed by atoms with Gasteiger partial charge in [-0.1, -0.05) is 41.9 Å². The summed E-state index contributed by atoms with van der Waals surface area (Å²) in [5.74, 6) is 0. The van der Waals surface area contributed by atoms with Crippen LogP contribution in [0.4, 0.5) is 0 Å². The molecular weight excluding hydrogens is 310 g/mol. The molecule has 0 aliphatic carbocycles. The first-order valence-electron chi connectivity index (χ1n) is 7.56. The standard InChI is InChI=1S/C19H20ClNS/c1-21(2)12-6-9-16-17-13-15(20)10-11-18(17)22-19(16)14-7-4-3-5-8-14/h3-5,7-8,10-11,13H,6,9,12H2,1-2H3. The van der Waals surface area contributed by atoms with E-state index in [-0.39, 0.29) is 0 Å². The van der Waals surface area contributed by atoms with Crippen molar-refractivity contribution >= 4 is 33.0 Å². The Morgan fingerprint density at radius 1 is 1.05 bits per heavy atom. The van der Waals surface area contributed by atoms with E-state index in [2.05, 4.69) is 61.5 Å². The van der Waals surface area contributed by atoms with Crippen molar-refractivity contribution in [2.45, 2.75) is 12.8 Å². The van der Waals surface area contributed by atoms with Gasteiger partial charge in [-0.05, 0) is 68.2 Å². The number of nitrogens with zero attached hydrogens (tertiary/aromatic N) is 1. The largest absolute Gasteiger partial charge is 0.309 e. The summed E-state index contributed by atoms with van der Waals surface area (Å²) in [5.41, 5.74) is 2.75. The summed E-state index contributed by atoms with van der Waals surface area (Å²) >= 11 is 8.10. The van der Waals surface area contributed by atoms with Crippen LogP contribution in [-0.4, -0.2) is 25.5 Å². The monoisotopic (exact) mass is 329 g/mol. The Balaban J connectivity index is 2.06. The summed E-state index contributed by atoms with van der Waals surface area (Å²) in [6.45, 7) is 1.10. The van der Waals surface area contributed by atoms with E-state index >= 15 is 0 Å². The average molecular weight is 330 g/mol. The minimum atomic E-state index is 0.818. The summed E-state index contributed by atoms with van der Waals surface area (Å²) in [4.78, 5) is 3.63. The molecule has 0 radical (unpaired) electrons. The molecule has 0 atom stereocenters. The van der Waals surface area contributed by atoms with E-state index in [0.717, 1.165) is 24.4 Å². The van der Waals surface area contributed by atoms with Gasteiger partial charge in [0.25, 0.3) is 0 Å². The summed E-state index contributed by atoms with van der Waals surface area (Å²) in [6, 6.07) is 16.9. The van der Waals surface area contributed by atoms with Crippen LogP contribution in [0.5, 0.6) is 0 Å². The minimum absolute atomic E-state index is 0.818. The molecule has 0 fully saturated rings. The van der Waals surface area contributed by atoms with Crippen LogP contribution >= 0.6 is 22.9 Å². The van der Waals surface area contributed by atoms with E-state index in [9.17, 15) is 0 Å². The summed E-state index contributed by atoms with van der Waals surface area (Å²) in [7, 11) is 4.25. The van der Waals surface area contributed by atoms with Crippen molar-refractivity contribution < 1.29 is 0 Å². The maximum absolute atomic E-state index is 6.23. The maximum atomic E-state index is 6.23. The first-order chi connectivity index (χ1) is 10.6. The number of benzene rings is 2. The lowest BCUT2D eigenvalue weighted by Gasteiger charge is -2.10. The minimum Gasteiger partial charge on any atom is -0.309 e. The van der Waals surface area contributed by atoms with E-state index in [1.54, 1.807) is 0 Å². The van der Waals surface area contributed by atoms with Crippen LogP contribution in [0, 0.1) is 0 Å². The van der Waals surface area contributed by atoms with Crippen molar-refractivity contribution in [1.82, 2.24) is 4.90 Å². The zero-order valence-electron chi connectivity index (χ0n) is 13.0. The highest BCUT2D eigenvalue weighted by Gasteiger charge is 2.14. The summed E-state index contributed by atoms with van der Waals surface area (Å²) in [6.07, 6.45) is 2.24. The van der Waals surface area contributed by atoms with Crippen LogP contribution in [0.3, 0.4) is 0 Å². The van der Waals surface area contributed by atoms with Crippen molar-refractivity contribution in [2.24, 2.45) is 0 Å². The van der Waals surface area contributed by atoms with Gasteiger partial charge in [-0.25, -0.2) is 0 Å². The molecule has 3 heteroatoms. The zero-order valence-corrected chi connectivity index (χ0v) is 14.5. The molecule has 1 aromatic heterocycles. The fourth-order valence-electron chi connectivity index (χ4n) is 2.76. The highest BCUT2D eigenvalue weighted by Crippen LogP contribution is 2.40. The van der Waals surface area contributed by atoms with Crippen molar-refractivity contribution in [3.8, 4) is 10.4 Å². The van der Waals surface area contributed by atoms with Crippen molar-refractivity contribution in [2.75, 3.05) is 20.6 Å². The maximum Gasteiger partial charge on any atom is 0.0413 e. The van der Waals surface area contributed by atoms with Crippen LogP contribution in [0.1, 0.15) is 12.0 Å². The summed E-state index contributed by atoms with van der Waals surface area (Å²) < 4.78 is 1.32. The number of thiophene rings is 1. The quantitative estimate of drug-likeness (QED) is 0.579. The molecule has 0 N–H and O–H groups in total. The van der Waals surface area contributed by atoms with Crippen molar-refractivity contribution in [1.29, 1.82) is 0 Å². The molecule has 0 amide bonds. The van der Waals surface area contributed by atoms with Crippen molar-refractivity contribution in [3.05, 3.63) is 59.1 Å². The van der Waals surface area contributed by atoms with E-state index < -0.39 is 0 Å². The Kier molecular flexibility index (Phi) is 4.82. The number of aryl methyl sites for hydroxylation is 1. The first-order valence-corrected chi connectivity index (χ1v) is 8.75. The Bertz CT molecular complexity index is 762. The first kappa shape index (κ1) is 15.5. The Morgan fingerprint density at radius 2 is 1.82 bits per heavy atom. The smallest absolute Gasteiger partial charge is 0.0413 e. The number of fused-ring (bicyclic) bond motifs is 1. The predicted molar refractivity (Wildman–Crippen MR) is 99.1 cm³/mol. The van der Waals surface area contributed by atoms with Crippen LogP contribution < -0.4 is 0 Å². The predicted octanol–water partition coefficient (Wildman–Crippen LogP) is 5.72. The molecule has 0 unspecified atom stereocenters. The SMILES string of the molecule is CN(C)CCCc1c(-c2ccccc2)sc2ccc(Cl)cc12. The second-order valence-corrected chi connectivity index (χ2v) is 7.31. The third-order valence-electron chi connectivity index (χ3n) is 3.82. The van der Waals surface area contributed by atoms with Gasteiger partial charge in [0.05, 0.1) is 0 Å². The lowest BCUT2D eigenvalue weighted by Crippen LogP contribution is -2.13. The molecule has 1 heterocycles. The van der Waals surface area contributed by atoms with Gasteiger partial charge >= 0.3 is 0 Å². The van der Waals surface area contributed by atoms with Gasteiger partial charge in [-0.3, -0.25) is 0 Å². The van der Waals surface area contributed by atoms with Crippen molar-refractivity contribution in [3.63, 3.8) is 0 Å². The van der Waals surface area contributed by atoms with E-state index in [0.29, 0.717) is 0 Å². The molecule has 0 bridgehead atoms. The third kappa shape index (κ3) is 3.35. The van der Waals surface area contributed by atoms with E-state index in [1.165, 1.54) is 26.1 Å². The van der Waals surface area contributed by atoms with E-state index in [1.807, 2.05) is 17.4 Å². The average Bonchev–Trinajstić information content (AvgIpc) is 2.86. The van der Waals surface area contributed by atoms with E-state index in [4.69, 9.17) is 11.6 Å². The van der Waals surface area contributed by atoms with Crippen LogP contribution in [0.2, 0.25) is 5.02 Å². The molecule has 0 spiro atoms. The second kappa shape index (κ2) is 6.82. The molecule has 3 aromatic rings. The lowest BCUT2D eigenvalue weighted by molar-refractivity contribution is 0.400. The Labute approximate surface area is 141 Å². The molecule has 0 saturated heterocycles. The highest BCUT2D eigenvalue weighted by atomic mass is 35.5. The van der Waals surface area contributed by atoms with Crippen LogP contribution in [0.15, 0.2) is 48.5 Å². The van der Waals surface area contributed by atoms with Crippen LogP contribution in [-0.2, 0) is 6.42 Å². The fourth-order valence-corrected chi connectivity index (χ4v) is 4.17. The van der Waals surface area contributed by atoms with Gasteiger partial charge in [0.2, 0.25) is 0 Å². The lowest BCUT2D eigenvalue weighted by atomic mass is 10.0. The highest BCUT2D eigenvalue weighted by molar-refractivity contribution is 7.22. The molecule has 1 nitrogen and oxygen atoms in total. The molecule has 0 aliphatic heterocycles. The number of rotatable bonds is 5. The Hall–Kier alpha value is -1.35. The normalized spacial score (nSPS) is 11.5. The topological polar surface area (TPSA) is 3.24 Å². The third-order valence-corrected chi connectivity index (χ3v) is 5.32. The number of hydrogen-bond donors (Lipinski definition) is 0. The number of hydrogen-bond acceptors (Lipinski definition) is 2. The Morgan fingerprint density at radius 3 is 2.55 bits per heavy atom. The second-order valence-electron chi connectivity index (χ2n) is 5.82. The van der Waals surface area contributed by atoms with Gasteiger partial charge in [0, 0.05) is 14.6 Å². The van der Waals surface area contributed by atoms with Gasteiger partial charge in [-0.15, -0.1) is 11.3 Å². The molecular formula is C19H20ClNS. The zero-order chi connectivity index (χ0) is 15.5. The van der Waals surface area contributed by atoms with Gasteiger partial charge in [0.15, 0.2) is 0 Å². The molecule has 3 rings (SSSR count). The molecule has 2 aromatic carbocycles. The van der Waals surface area contributed by atoms with Gasteiger partial charge in [0.1, 0.15) is 0 Å². The van der Waals surface area contributed by atoms with Gasteiger partial charge in [-0.2, -0.15) is 0 Å². The summed E-state index contributed by atoms with van der Waals surface area (Å²) in [5, 5.41) is 2.13.